The molecule has 0 aliphatic rings. The third kappa shape index (κ3) is 1.45. The van der Waals surface area contributed by atoms with Crippen LogP contribution in [0.5, 0.6) is 0 Å². The van der Waals surface area contributed by atoms with E-state index in [4.69, 9.17) is 11.6 Å². The highest BCUT2D eigenvalue weighted by atomic mass is 127. The van der Waals surface area contributed by atoms with Gasteiger partial charge in [-0.2, -0.15) is 0 Å². The molecule has 0 saturated carbocycles. The van der Waals surface area contributed by atoms with E-state index in [-0.39, 0.29) is 0 Å². The third-order valence-corrected chi connectivity index (χ3v) is 3.58. The minimum Gasteiger partial charge on any atom is -0.0840 e. The Labute approximate surface area is 79.7 Å². The van der Waals surface area contributed by atoms with Crippen LogP contribution >= 0.6 is 34.2 Å². The first-order valence-corrected chi connectivity index (χ1v) is 4.50. The molecule has 0 heterocycles. The summed E-state index contributed by atoms with van der Waals surface area (Å²) in [7, 11) is 0. The normalized spacial score (nSPS) is 10.0. The molecule has 54 valence electrons. The van der Waals surface area contributed by atoms with Crippen molar-refractivity contribution in [1.82, 2.24) is 0 Å². The number of hydrogen-bond acceptors (Lipinski definition) is 0. The molecule has 0 fully saturated rings. The van der Waals surface area contributed by atoms with Crippen molar-refractivity contribution in [3.63, 3.8) is 0 Å². The highest BCUT2D eigenvalue weighted by Gasteiger charge is 2.00. The fraction of sp³-hybridized carbons (Fsp3) is 0.250. The minimum absolute atomic E-state index is 0.856. The lowest BCUT2D eigenvalue weighted by Gasteiger charge is -2.02. The second kappa shape index (κ2) is 3.09. The Morgan fingerprint density at radius 1 is 1.30 bits per heavy atom. The quantitative estimate of drug-likeness (QED) is 0.630. The average Bonchev–Trinajstić information content (AvgIpc) is 1.93. The summed E-state index contributed by atoms with van der Waals surface area (Å²) >= 11 is 8.19. The van der Waals surface area contributed by atoms with Crippen LogP contribution in [0.15, 0.2) is 12.1 Å². The number of rotatable bonds is 0. The first-order chi connectivity index (χ1) is 4.63. The van der Waals surface area contributed by atoms with Crippen molar-refractivity contribution in [2.75, 3.05) is 0 Å². The number of aryl methyl sites for hydroxylation is 1. The lowest BCUT2D eigenvalue weighted by Crippen LogP contribution is -1.85. The summed E-state index contributed by atoms with van der Waals surface area (Å²) in [6.07, 6.45) is 0. The van der Waals surface area contributed by atoms with Crippen molar-refractivity contribution in [1.29, 1.82) is 0 Å². The zero-order valence-corrected chi connectivity index (χ0v) is 8.82. The van der Waals surface area contributed by atoms with Crippen LogP contribution in [0.2, 0.25) is 5.02 Å². The maximum absolute atomic E-state index is 5.88. The van der Waals surface area contributed by atoms with E-state index in [2.05, 4.69) is 29.5 Å². The van der Waals surface area contributed by atoms with Crippen LogP contribution in [0, 0.1) is 17.4 Å². The molecule has 0 aliphatic heterocycles. The number of halogens is 2. The van der Waals surface area contributed by atoms with Gasteiger partial charge in [0, 0.05) is 8.59 Å². The average molecular weight is 267 g/mol. The molecule has 0 aromatic heterocycles. The van der Waals surface area contributed by atoms with Crippen molar-refractivity contribution in [2.45, 2.75) is 13.8 Å². The van der Waals surface area contributed by atoms with Gasteiger partial charge in [-0.1, -0.05) is 17.7 Å². The minimum atomic E-state index is 0.856. The molecule has 0 atom stereocenters. The molecule has 1 rings (SSSR count). The molecule has 0 bridgehead atoms. The van der Waals surface area contributed by atoms with Crippen molar-refractivity contribution < 1.29 is 0 Å². The Morgan fingerprint density at radius 3 is 2.40 bits per heavy atom. The van der Waals surface area contributed by atoms with Gasteiger partial charge in [0.2, 0.25) is 0 Å². The van der Waals surface area contributed by atoms with E-state index >= 15 is 0 Å². The van der Waals surface area contributed by atoms with Crippen LogP contribution in [0.1, 0.15) is 11.1 Å². The Bertz CT molecular complexity index is 229. The molecule has 2 heteroatoms. The number of hydrogen-bond donors (Lipinski definition) is 0. The van der Waals surface area contributed by atoms with Gasteiger partial charge in [0.1, 0.15) is 0 Å². The Hall–Kier alpha value is 0.240. The van der Waals surface area contributed by atoms with Gasteiger partial charge in [-0.3, -0.25) is 0 Å². The van der Waals surface area contributed by atoms with Crippen molar-refractivity contribution in [3.8, 4) is 0 Å². The maximum atomic E-state index is 5.88. The molecule has 0 N–H and O–H groups in total. The predicted molar refractivity (Wildman–Crippen MR) is 53.6 cm³/mol. The van der Waals surface area contributed by atoms with E-state index in [1.165, 1.54) is 14.7 Å². The van der Waals surface area contributed by atoms with Gasteiger partial charge < -0.3 is 0 Å². The van der Waals surface area contributed by atoms with Crippen molar-refractivity contribution in [2.24, 2.45) is 0 Å². The first kappa shape index (κ1) is 8.34. The van der Waals surface area contributed by atoms with Gasteiger partial charge in [0.05, 0.1) is 0 Å². The lowest BCUT2D eigenvalue weighted by atomic mass is 10.2. The molecule has 1 aromatic carbocycles. The zero-order chi connectivity index (χ0) is 7.72. The predicted octanol–water partition coefficient (Wildman–Crippen LogP) is 3.56. The zero-order valence-electron chi connectivity index (χ0n) is 5.91. The first-order valence-electron chi connectivity index (χ1n) is 3.04. The molecule has 0 nitrogen and oxygen atoms in total. The fourth-order valence-electron chi connectivity index (χ4n) is 0.797. The molecular formula is C8H8ClI. The van der Waals surface area contributed by atoms with Crippen LogP contribution in [0.25, 0.3) is 0 Å². The van der Waals surface area contributed by atoms with Gasteiger partial charge in [-0.15, -0.1) is 0 Å². The molecule has 10 heavy (non-hydrogen) atoms. The van der Waals surface area contributed by atoms with Crippen molar-refractivity contribution >= 4 is 34.2 Å². The molecule has 0 aliphatic carbocycles. The van der Waals surface area contributed by atoms with Crippen LogP contribution in [0.3, 0.4) is 0 Å². The van der Waals surface area contributed by atoms with Crippen LogP contribution in [-0.4, -0.2) is 0 Å². The van der Waals surface area contributed by atoms with Gasteiger partial charge in [-0.05, 0) is 53.6 Å². The van der Waals surface area contributed by atoms with E-state index in [0.717, 1.165) is 5.02 Å². The maximum Gasteiger partial charge on any atom is 0.0445 e. The summed E-state index contributed by atoms with van der Waals surface area (Å²) < 4.78 is 1.27. The summed E-state index contributed by atoms with van der Waals surface area (Å²) in [6, 6.07) is 3.98. The summed E-state index contributed by atoms with van der Waals surface area (Å²) in [5.41, 5.74) is 2.48. The number of benzene rings is 1. The van der Waals surface area contributed by atoms with Gasteiger partial charge in [0.25, 0.3) is 0 Å². The summed E-state index contributed by atoms with van der Waals surface area (Å²) in [4.78, 5) is 0. The van der Waals surface area contributed by atoms with Gasteiger partial charge in [-0.25, -0.2) is 0 Å². The highest BCUT2D eigenvalue weighted by molar-refractivity contribution is 14.1. The molecule has 0 saturated heterocycles. The Kier molecular flexibility index (Phi) is 2.58. The van der Waals surface area contributed by atoms with Gasteiger partial charge in [0.15, 0.2) is 0 Å². The van der Waals surface area contributed by atoms with E-state index in [1.54, 1.807) is 0 Å². The summed E-state index contributed by atoms with van der Waals surface area (Å²) in [5.74, 6) is 0. The van der Waals surface area contributed by atoms with Crippen LogP contribution < -0.4 is 0 Å². The third-order valence-electron chi connectivity index (χ3n) is 1.51. The summed E-state index contributed by atoms with van der Waals surface area (Å²) in [5, 5.41) is 0.856. The second-order valence-corrected chi connectivity index (χ2v) is 3.79. The van der Waals surface area contributed by atoms with E-state index in [1.807, 2.05) is 19.1 Å². The SMILES string of the molecule is Cc1ccc(Cl)c(C)c1I. The smallest absolute Gasteiger partial charge is 0.0445 e. The largest absolute Gasteiger partial charge is 0.0840 e. The van der Waals surface area contributed by atoms with Crippen molar-refractivity contribution in [3.05, 3.63) is 31.9 Å². The van der Waals surface area contributed by atoms with E-state index in [0.29, 0.717) is 0 Å². The topological polar surface area (TPSA) is 0 Å². The lowest BCUT2D eigenvalue weighted by molar-refractivity contribution is 1.34. The Morgan fingerprint density at radius 2 is 1.90 bits per heavy atom. The van der Waals surface area contributed by atoms with Crippen LogP contribution in [0.4, 0.5) is 0 Å². The standard InChI is InChI=1S/C8H8ClI/c1-5-3-4-7(9)6(2)8(5)10/h3-4H,1-2H3. The molecule has 0 amide bonds. The fourth-order valence-corrected chi connectivity index (χ4v) is 1.58. The molecule has 0 radical (unpaired) electrons. The molecule has 1 aromatic rings. The molecule has 0 unspecified atom stereocenters. The molecular weight excluding hydrogens is 258 g/mol. The second-order valence-electron chi connectivity index (χ2n) is 2.30. The summed E-state index contributed by atoms with van der Waals surface area (Å²) in [6.45, 7) is 4.13. The molecule has 0 spiro atoms. The van der Waals surface area contributed by atoms with Crippen LogP contribution in [-0.2, 0) is 0 Å². The van der Waals surface area contributed by atoms with E-state index in [9.17, 15) is 0 Å². The highest BCUT2D eigenvalue weighted by Crippen LogP contribution is 2.23. The monoisotopic (exact) mass is 266 g/mol. The van der Waals surface area contributed by atoms with E-state index < -0.39 is 0 Å². The van der Waals surface area contributed by atoms with Gasteiger partial charge >= 0.3 is 0 Å². The Balaban J connectivity index is 3.34.